The first-order valence-corrected chi connectivity index (χ1v) is 4.14. The minimum Gasteiger partial charge on any atom is -0.374 e. The quantitative estimate of drug-likeness (QED) is 0.525. The predicted octanol–water partition coefficient (Wildman–Crippen LogP) is 1.49. The zero-order valence-corrected chi connectivity index (χ0v) is 7.33. The van der Waals surface area contributed by atoms with Crippen molar-refractivity contribution >= 4 is 11.9 Å². The molecule has 0 aromatic carbocycles. The molecule has 0 aromatic rings. The van der Waals surface area contributed by atoms with Gasteiger partial charge in [-0.25, -0.2) is 4.72 Å². The second kappa shape index (κ2) is 2.57. The molecule has 3 heteroatoms. The molecule has 0 radical (unpaired) electrons. The molecular formula is C7H13NOS. The van der Waals surface area contributed by atoms with Crippen LogP contribution in [0.25, 0.3) is 0 Å². The number of hydrogen-bond donors (Lipinski definition) is 2. The molecule has 2 nitrogen and oxygen atoms in total. The van der Waals surface area contributed by atoms with E-state index in [0.29, 0.717) is 0 Å². The predicted molar refractivity (Wildman–Crippen MR) is 44.3 cm³/mol. The lowest BCUT2D eigenvalue weighted by Gasteiger charge is -2.17. The highest BCUT2D eigenvalue weighted by molar-refractivity contribution is 8.01. The fraction of sp³-hybridized carbons (Fsp3) is 0.714. The van der Waals surface area contributed by atoms with E-state index in [0.717, 1.165) is 0 Å². The van der Waals surface area contributed by atoms with Crippen LogP contribution >= 0.6 is 11.9 Å². The summed E-state index contributed by atoms with van der Waals surface area (Å²) in [7, 11) is 0. The second-order valence-corrected chi connectivity index (χ2v) is 4.33. The maximum Gasteiger partial charge on any atom is 0.134 e. The summed E-state index contributed by atoms with van der Waals surface area (Å²) in [6.45, 7) is 6.39. The van der Waals surface area contributed by atoms with Gasteiger partial charge < -0.3 is 5.11 Å². The lowest BCUT2D eigenvalue weighted by Crippen LogP contribution is -2.13. The standard InChI is InChI=1S/C7H13NOS/c1-7(2,3)5-4-6(9)8-10-5/h4,6,8-9H,1-3H3. The fourth-order valence-electron chi connectivity index (χ4n) is 0.738. The van der Waals surface area contributed by atoms with Gasteiger partial charge in [0.05, 0.1) is 0 Å². The highest BCUT2D eigenvalue weighted by Gasteiger charge is 2.23. The number of nitrogens with one attached hydrogen (secondary N) is 1. The highest BCUT2D eigenvalue weighted by Crippen LogP contribution is 2.36. The minimum atomic E-state index is -0.459. The Kier molecular flexibility index (Phi) is 2.08. The first-order chi connectivity index (χ1) is 4.50. The van der Waals surface area contributed by atoms with Gasteiger partial charge >= 0.3 is 0 Å². The Morgan fingerprint density at radius 1 is 1.60 bits per heavy atom. The molecule has 0 bridgehead atoms. The van der Waals surface area contributed by atoms with E-state index < -0.39 is 6.23 Å². The van der Waals surface area contributed by atoms with E-state index in [1.54, 1.807) is 0 Å². The molecule has 1 atom stereocenters. The number of rotatable bonds is 0. The Morgan fingerprint density at radius 2 is 2.20 bits per heavy atom. The van der Waals surface area contributed by atoms with E-state index in [1.165, 1.54) is 16.9 Å². The van der Waals surface area contributed by atoms with Crippen LogP contribution in [0.5, 0.6) is 0 Å². The molecular weight excluding hydrogens is 146 g/mol. The summed E-state index contributed by atoms with van der Waals surface area (Å²) in [4.78, 5) is 1.21. The van der Waals surface area contributed by atoms with Crippen LogP contribution < -0.4 is 4.72 Å². The maximum atomic E-state index is 9.05. The van der Waals surface area contributed by atoms with E-state index in [-0.39, 0.29) is 5.41 Å². The van der Waals surface area contributed by atoms with Gasteiger partial charge in [-0.15, -0.1) is 0 Å². The second-order valence-electron chi connectivity index (χ2n) is 3.45. The topological polar surface area (TPSA) is 32.3 Å². The first kappa shape index (κ1) is 8.11. The molecule has 0 aromatic heterocycles. The van der Waals surface area contributed by atoms with Gasteiger partial charge in [0.25, 0.3) is 0 Å². The van der Waals surface area contributed by atoms with Crippen molar-refractivity contribution in [1.29, 1.82) is 0 Å². The maximum absolute atomic E-state index is 9.05. The van der Waals surface area contributed by atoms with Crippen molar-refractivity contribution in [1.82, 2.24) is 4.72 Å². The van der Waals surface area contributed by atoms with E-state index in [2.05, 4.69) is 25.5 Å². The summed E-state index contributed by atoms with van der Waals surface area (Å²) >= 11 is 1.52. The lowest BCUT2D eigenvalue weighted by molar-refractivity contribution is 0.218. The van der Waals surface area contributed by atoms with Gasteiger partial charge in [0, 0.05) is 4.91 Å². The Balaban J connectivity index is 2.67. The summed E-state index contributed by atoms with van der Waals surface area (Å²) in [5.74, 6) is 0. The third kappa shape index (κ3) is 1.75. The normalized spacial score (nSPS) is 26.8. The third-order valence-corrected chi connectivity index (χ3v) is 2.67. The van der Waals surface area contributed by atoms with Crippen LogP contribution in [-0.2, 0) is 0 Å². The number of hydrogen-bond acceptors (Lipinski definition) is 3. The van der Waals surface area contributed by atoms with Gasteiger partial charge in [0.2, 0.25) is 0 Å². The summed E-state index contributed by atoms with van der Waals surface area (Å²) in [6.07, 6.45) is 1.39. The number of allylic oxidation sites excluding steroid dienone is 1. The third-order valence-electron chi connectivity index (χ3n) is 1.34. The monoisotopic (exact) mass is 159 g/mol. The van der Waals surface area contributed by atoms with Crippen LogP contribution in [-0.4, -0.2) is 11.3 Å². The molecule has 2 N–H and O–H groups in total. The van der Waals surface area contributed by atoms with Gasteiger partial charge in [-0.2, -0.15) is 0 Å². The largest absolute Gasteiger partial charge is 0.374 e. The van der Waals surface area contributed by atoms with Crippen LogP contribution in [0, 0.1) is 5.41 Å². The summed E-state index contributed by atoms with van der Waals surface area (Å²) in [6, 6.07) is 0. The van der Waals surface area contributed by atoms with Crippen LogP contribution in [0.15, 0.2) is 11.0 Å². The molecule has 0 amide bonds. The molecule has 0 spiro atoms. The summed E-state index contributed by atoms with van der Waals surface area (Å²) < 4.78 is 2.86. The molecule has 0 fully saturated rings. The Hall–Kier alpha value is 0.0100. The van der Waals surface area contributed by atoms with Gasteiger partial charge in [0.1, 0.15) is 6.23 Å². The van der Waals surface area contributed by atoms with Crippen molar-refractivity contribution < 1.29 is 5.11 Å². The Morgan fingerprint density at radius 3 is 2.40 bits per heavy atom. The molecule has 1 aliphatic rings. The average Bonchev–Trinajstić information content (AvgIpc) is 2.11. The van der Waals surface area contributed by atoms with Gasteiger partial charge in [0.15, 0.2) is 0 Å². The van der Waals surface area contributed by atoms with Crippen LogP contribution in [0.3, 0.4) is 0 Å². The van der Waals surface area contributed by atoms with Crippen LogP contribution in [0.2, 0.25) is 0 Å². The van der Waals surface area contributed by atoms with Crippen molar-refractivity contribution in [3.8, 4) is 0 Å². The smallest absolute Gasteiger partial charge is 0.134 e. The fourth-order valence-corrected chi connectivity index (χ4v) is 1.56. The van der Waals surface area contributed by atoms with E-state index in [4.69, 9.17) is 5.11 Å². The molecule has 1 rings (SSSR count). The van der Waals surface area contributed by atoms with E-state index in [9.17, 15) is 0 Å². The van der Waals surface area contributed by atoms with Gasteiger partial charge in [-0.3, -0.25) is 0 Å². The molecule has 1 aliphatic heterocycles. The van der Waals surface area contributed by atoms with Crippen molar-refractivity contribution in [2.45, 2.75) is 27.0 Å². The van der Waals surface area contributed by atoms with Crippen molar-refractivity contribution in [3.63, 3.8) is 0 Å². The first-order valence-electron chi connectivity index (χ1n) is 3.33. The molecule has 58 valence electrons. The molecule has 1 unspecified atom stereocenters. The van der Waals surface area contributed by atoms with Crippen molar-refractivity contribution in [2.24, 2.45) is 5.41 Å². The van der Waals surface area contributed by atoms with Crippen LogP contribution in [0.4, 0.5) is 0 Å². The molecule has 0 saturated heterocycles. The zero-order valence-electron chi connectivity index (χ0n) is 6.51. The molecule has 10 heavy (non-hydrogen) atoms. The van der Waals surface area contributed by atoms with E-state index in [1.807, 2.05) is 6.08 Å². The minimum absolute atomic E-state index is 0.162. The zero-order chi connectivity index (χ0) is 7.78. The lowest BCUT2D eigenvalue weighted by atomic mass is 9.96. The molecule has 1 heterocycles. The molecule has 0 aliphatic carbocycles. The molecule has 0 saturated carbocycles. The SMILES string of the molecule is CC(C)(C)C1=CC(O)NS1. The number of aliphatic hydroxyl groups excluding tert-OH is 1. The Bertz CT molecular complexity index is 159. The summed E-state index contributed by atoms with van der Waals surface area (Å²) in [5, 5.41) is 9.05. The number of aliphatic hydroxyl groups is 1. The van der Waals surface area contributed by atoms with Crippen molar-refractivity contribution in [3.05, 3.63) is 11.0 Å². The average molecular weight is 159 g/mol. The summed E-state index contributed by atoms with van der Waals surface area (Å²) in [5.41, 5.74) is 0.162. The van der Waals surface area contributed by atoms with Crippen molar-refractivity contribution in [2.75, 3.05) is 0 Å². The Labute approximate surface area is 65.8 Å². The van der Waals surface area contributed by atoms with Gasteiger partial charge in [-0.05, 0) is 23.4 Å². The van der Waals surface area contributed by atoms with E-state index >= 15 is 0 Å². The van der Waals surface area contributed by atoms with Gasteiger partial charge in [-0.1, -0.05) is 20.8 Å². The van der Waals surface area contributed by atoms with Crippen LogP contribution in [0.1, 0.15) is 20.8 Å². The highest BCUT2D eigenvalue weighted by atomic mass is 32.2.